The van der Waals surface area contributed by atoms with Crippen LogP contribution < -0.4 is 0 Å². The second-order valence-corrected chi connectivity index (χ2v) is 12.8. The van der Waals surface area contributed by atoms with Gasteiger partial charge in [0.05, 0.1) is 18.8 Å². The molecule has 1 aliphatic rings. The van der Waals surface area contributed by atoms with Crippen LogP contribution in [0.4, 0.5) is 0 Å². The third kappa shape index (κ3) is 25.4. The average molecular weight is 619 g/mol. The molecule has 0 aromatic carbocycles. The number of ether oxygens (including phenoxy) is 3. The SMILES string of the molecule is CCCCC/C=C\C/C=C\CC1OC1C/C=C\CCCC(=O)O[C@@H](CO)COC(=O)CCCCCCCCCCCC(C)C. The number of esters is 2. The summed E-state index contributed by atoms with van der Waals surface area (Å²) in [6.07, 6.45) is 35.2. The lowest BCUT2D eigenvalue weighted by Crippen LogP contribution is -2.28. The number of unbranched alkanes of at least 4 members (excludes halogenated alkanes) is 12. The van der Waals surface area contributed by atoms with Crippen LogP contribution in [0.5, 0.6) is 0 Å². The van der Waals surface area contributed by atoms with Crippen LogP contribution >= 0.6 is 0 Å². The Morgan fingerprint density at radius 3 is 1.93 bits per heavy atom. The molecule has 3 atom stereocenters. The van der Waals surface area contributed by atoms with Crippen molar-refractivity contribution in [2.24, 2.45) is 5.92 Å². The molecule has 0 saturated carbocycles. The van der Waals surface area contributed by atoms with E-state index in [1.165, 1.54) is 70.6 Å². The molecule has 0 spiro atoms. The van der Waals surface area contributed by atoms with Gasteiger partial charge in [-0.1, -0.05) is 128 Å². The van der Waals surface area contributed by atoms with Crippen molar-refractivity contribution in [1.29, 1.82) is 0 Å². The Bertz CT molecular complexity index is 786. The minimum Gasteiger partial charge on any atom is -0.462 e. The zero-order chi connectivity index (χ0) is 32.1. The van der Waals surface area contributed by atoms with E-state index in [1.54, 1.807) is 0 Å². The Labute approximate surface area is 270 Å². The summed E-state index contributed by atoms with van der Waals surface area (Å²) in [5.74, 6) is 0.145. The van der Waals surface area contributed by atoms with Crippen molar-refractivity contribution in [3.63, 3.8) is 0 Å². The maximum Gasteiger partial charge on any atom is 0.306 e. The van der Waals surface area contributed by atoms with Crippen LogP contribution in [0.15, 0.2) is 36.5 Å². The maximum absolute atomic E-state index is 12.1. The van der Waals surface area contributed by atoms with Gasteiger partial charge in [0, 0.05) is 12.8 Å². The minimum absolute atomic E-state index is 0.0920. The Morgan fingerprint density at radius 2 is 1.27 bits per heavy atom. The molecule has 0 radical (unpaired) electrons. The van der Waals surface area contributed by atoms with Crippen LogP contribution in [0.25, 0.3) is 0 Å². The molecule has 1 rings (SSSR count). The number of aliphatic hydroxyl groups excluding tert-OH is 1. The number of epoxide rings is 1. The van der Waals surface area contributed by atoms with Gasteiger partial charge in [0.1, 0.15) is 6.61 Å². The van der Waals surface area contributed by atoms with Gasteiger partial charge in [-0.15, -0.1) is 0 Å². The van der Waals surface area contributed by atoms with Crippen molar-refractivity contribution in [3.05, 3.63) is 36.5 Å². The zero-order valence-corrected chi connectivity index (χ0v) is 28.5. The highest BCUT2D eigenvalue weighted by Crippen LogP contribution is 2.29. The molecular formula is C38H66O6. The van der Waals surface area contributed by atoms with Gasteiger partial charge in [0.15, 0.2) is 6.10 Å². The molecule has 0 amide bonds. The molecule has 1 fully saturated rings. The molecular weight excluding hydrogens is 552 g/mol. The summed E-state index contributed by atoms with van der Waals surface area (Å²) in [5.41, 5.74) is 0. The predicted molar refractivity (Wildman–Crippen MR) is 181 cm³/mol. The van der Waals surface area contributed by atoms with Gasteiger partial charge in [-0.25, -0.2) is 0 Å². The summed E-state index contributed by atoms with van der Waals surface area (Å²) in [6.45, 7) is 6.35. The van der Waals surface area contributed by atoms with Crippen molar-refractivity contribution < 1.29 is 28.9 Å². The summed E-state index contributed by atoms with van der Waals surface area (Å²) >= 11 is 0. The number of hydrogen-bond donors (Lipinski definition) is 1. The molecule has 254 valence electrons. The summed E-state index contributed by atoms with van der Waals surface area (Å²) in [7, 11) is 0. The lowest BCUT2D eigenvalue weighted by Gasteiger charge is -2.15. The Balaban J connectivity index is 1.97. The summed E-state index contributed by atoms with van der Waals surface area (Å²) in [6, 6.07) is 0. The van der Waals surface area contributed by atoms with Crippen LogP contribution in [-0.4, -0.2) is 48.6 Å². The third-order valence-electron chi connectivity index (χ3n) is 8.02. The molecule has 0 aliphatic carbocycles. The number of hydrogen-bond acceptors (Lipinski definition) is 6. The first-order chi connectivity index (χ1) is 21.5. The van der Waals surface area contributed by atoms with E-state index in [9.17, 15) is 14.7 Å². The number of allylic oxidation sites excluding steroid dienone is 4. The van der Waals surface area contributed by atoms with E-state index in [4.69, 9.17) is 14.2 Å². The van der Waals surface area contributed by atoms with E-state index in [-0.39, 0.29) is 31.6 Å². The molecule has 1 heterocycles. The smallest absolute Gasteiger partial charge is 0.306 e. The van der Waals surface area contributed by atoms with E-state index in [0.29, 0.717) is 25.0 Å². The van der Waals surface area contributed by atoms with Gasteiger partial charge < -0.3 is 19.3 Å². The number of aliphatic hydroxyl groups is 1. The van der Waals surface area contributed by atoms with E-state index < -0.39 is 6.10 Å². The van der Waals surface area contributed by atoms with Crippen LogP contribution in [0, 0.1) is 5.92 Å². The number of carbonyl (C=O) groups excluding carboxylic acids is 2. The molecule has 1 N–H and O–H groups in total. The zero-order valence-electron chi connectivity index (χ0n) is 28.5. The van der Waals surface area contributed by atoms with E-state index in [1.807, 2.05) is 0 Å². The molecule has 1 aliphatic heterocycles. The fraction of sp³-hybridized carbons (Fsp3) is 0.789. The Morgan fingerprint density at radius 1 is 0.705 bits per heavy atom. The van der Waals surface area contributed by atoms with Crippen molar-refractivity contribution >= 4 is 11.9 Å². The standard InChI is InChI=1S/C38H66O6/c1-4-5-6-7-8-10-14-17-22-27-35-36(44-35)28-23-19-20-25-30-38(41)43-34(31-39)32-42-37(40)29-24-18-15-12-9-11-13-16-21-26-33(2)3/h8,10,17,19,22-23,33-36,39H,4-7,9,11-16,18,20-21,24-32H2,1-3H3/b10-8-,22-17-,23-19-/t34-,35?,36?/m0/s1. The van der Waals surface area contributed by atoms with Crippen LogP contribution in [0.3, 0.4) is 0 Å². The second-order valence-electron chi connectivity index (χ2n) is 12.8. The van der Waals surface area contributed by atoms with E-state index in [2.05, 4.69) is 57.2 Å². The lowest BCUT2D eigenvalue weighted by molar-refractivity contribution is -0.161. The third-order valence-corrected chi connectivity index (χ3v) is 8.02. The number of rotatable bonds is 30. The molecule has 2 unspecified atom stereocenters. The minimum atomic E-state index is -0.803. The fourth-order valence-electron chi connectivity index (χ4n) is 5.12. The molecule has 1 saturated heterocycles. The molecule has 6 nitrogen and oxygen atoms in total. The molecule has 0 aromatic heterocycles. The first kappa shape index (κ1) is 40.1. The number of carbonyl (C=O) groups is 2. The molecule has 0 aromatic rings. The van der Waals surface area contributed by atoms with Crippen molar-refractivity contribution in [2.45, 2.75) is 174 Å². The Hall–Kier alpha value is -1.92. The fourth-order valence-corrected chi connectivity index (χ4v) is 5.12. The molecule has 44 heavy (non-hydrogen) atoms. The van der Waals surface area contributed by atoms with Crippen molar-refractivity contribution in [1.82, 2.24) is 0 Å². The van der Waals surface area contributed by atoms with E-state index >= 15 is 0 Å². The quantitative estimate of drug-likeness (QED) is 0.0373. The summed E-state index contributed by atoms with van der Waals surface area (Å²) < 4.78 is 16.3. The Kier molecular flexibility index (Phi) is 26.0. The average Bonchev–Trinajstić information content (AvgIpc) is 3.76. The van der Waals surface area contributed by atoms with Gasteiger partial charge in [-0.2, -0.15) is 0 Å². The van der Waals surface area contributed by atoms with Gasteiger partial charge in [0.25, 0.3) is 0 Å². The maximum atomic E-state index is 12.1. The topological polar surface area (TPSA) is 85.4 Å². The second kappa shape index (κ2) is 28.5. The first-order valence-corrected chi connectivity index (χ1v) is 18.0. The molecule has 6 heteroatoms. The van der Waals surface area contributed by atoms with Gasteiger partial charge in [0.2, 0.25) is 0 Å². The highest BCUT2D eigenvalue weighted by Gasteiger charge is 2.35. The first-order valence-electron chi connectivity index (χ1n) is 18.0. The van der Waals surface area contributed by atoms with Gasteiger partial charge in [-0.05, 0) is 57.3 Å². The summed E-state index contributed by atoms with van der Waals surface area (Å²) in [5, 5.41) is 9.53. The molecule has 0 bridgehead atoms. The summed E-state index contributed by atoms with van der Waals surface area (Å²) in [4.78, 5) is 24.2. The predicted octanol–water partition coefficient (Wildman–Crippen LogP) is 9.74. The van der Waals surface area contributed by atoms with Crippen LogP contribution in [0.2, 0.25) is 0 Å². The monoisotopic (exact) mass is 618 g/mol. The largest absolute Gasteiger partial charge is 0.462 e. The van der Waals surface area contributed by atoms with Crippen molar-refractivity contribution in [3.8, 4) is 0 Å². The van der Waals surface area contributed by atoms with Gasteiger partial charge >= 0.3 is 11.9 Å². The van der Waals surface area contributed by atoms with Crippen molar-refractivity contribution in [2.75, 3.05) is 13.2 Å². The van der Waals surface area contributed by atoms with Crippen LogP contribution in [-0.2, 0) is 23.8 Å². The normalized spacial score (nSPS) is 17.3. The van der Waals surface area contributed by atoms with E-state index in [0.717, 1.165) is 50.9 Å². The van der Waals surface area contributed by atoms with Gasteiger partial charge in [-0.3, -0.25) is 9.59 Å². The lowest BCUT2D eigenvalue weighted by atomic mass is 10.0. The van der Waals surface area contributed by atoms with Crippen LogP contribution in [0.1, 0.15) is 156 Å². The highest BCUT2D eigenvalue weighted by molar-refractivity contribution is 5.70. The highest BCUT2D eigenvalue weighted by atomic mass is 16.6.